The zero-order valence-corrected chi connectivity index (χ0v) is 13.5. The maximum absolute atomic E-state index is 12.7. The maximum Gasteiger partial charge on any atom is 0.258 e. The monoisotopic (exact) mass is 313 g/mol. The molecule has 1 atom stereocenters. The van der Waals surface area contributed by atoms with Gasteiger partial charge in [0.2, 0.25) is 0 Å². The van der Waals surface area contributed by atoms with Gasteiger partial charge in [0.05, 0.1) is 0 Å². The van der Waals surface area contributed by atoms with E-state index in [0.29, 0.717) is 16.9 Å². The van der Waals surface area contributed by atoms with Crippen molar-refractivity contribution in [1.82, 2.24) is 0 Å². The second-order valence-electron chi connectivity index (χ2n) is 5.08. The van der Waals surface area contributed by atoms with E-state index in [4.69, 9.17) is 16.9 Å². The molecule has 0 aromatic heterocycles. The number of benzene rings is 2. The van der Waals surface area contributed by atoms with Gasteiger partial charge in [-0.05, 0) is 50.6 Å². The molecule has 1 amide bonds. The van der Waals surface area contributed by atoms with Crippen LogP contribution >= 0.6 is 0 Å². The van der Waals surface area contributed by atoms with Gasteiger partial charge in [0.1, 0.15) is 11.6 Å². The normalized spacial score (nSPS) is 10.7. The number of halogens is 1. The molecule has 23 heavy (non-hydrogen) atoms. The summed E-state index contributed by atoms with van der Waals surface area (Å²) in [5, 5.41) is 0. The number of carbonyl (C=O) groups is 1. The number of aryl methyl sites for hydroxylation is 2. The van der Waals surface area contributed by atoms with Crippen LogP contribution in [0.25, 0.3) is 0 Å². The molecule has 0 aliphatic heterocycles. The number of ether oxygens (including phenoxy) is 1. The second-order valence-corrected chi connectivity index (χ2v) is 5.08. The summed E-state index contributed by atoms with van der Waals surface area (Å²) < 4.78 is 17.9. The van der Waals surface area contributed by atoms with Crippen LogP contribution in [0.2, 0.25) is 0 Å². The minimum Gasteiger partial charge on any atom is -0.481 e. The summed E-state index contributed by atoms with van der Waals surface area (Å²) >= 11 is 0. The van der Waals surface area contributed by atoms with Crippen LogP contribution in [0, 0.1) is 32.0 Å². The average Bonchev–Trinajstić information content (AvgIpc) is 2.52. The molecule has 0 fully saturated rings. The quantitative estimate of drug-likeness (QED) is 0.883. The van der Waals surface area contributed by atoms with E-state index in [1.807, 2.05) is 31.2 Å². The van der Waals surface area contributed by atoms with Crippen molar-refractivity contribution in [2.24, 2.45) is 5.73 Å². The number of terminal acetylenes is 1. The van der Waals surface area contributed by atoms with Crippen LogP contribution in [0.5, 0.6) is 5.75 Å². The van der Waals surface area contributed by atoms with Crippen molar-refractivity contribution in [1.29, 1.82) is 0 Å². The first-order valence-corrected chi connectivity index (χ1v) is 7.09. The summed E-state index contributed by atoms with van der Waals surface area (Å²) in [4.78, 5) is 10.7. The standard InChI is InChI=1S/C10H13NO2.C9H7F/c1-7-3-5-9(6-4-7)13-8(2)10(11)12;1-3-8-5-4-7(2)9(10)6-8/h3-6,8H,1-2H3,(H2,11,12);1,4-6H,2H3/t8-;/m0./s1. The largest absolute Gasteiger partial charge is 0.481 e. The van der Waals surface area contributed by atoms with Crippen molar-refractivity contribution in [3.05, 3.63) is 65.0 Å². The van der Waals surface area contributed by atoms with E-state index in [-0.39, 0.29) is 5.82 Å². The minimum atomic E-state index is -0.581. The zero-order valence-electron chi connectivity index (χ0n) is 13.5. The van der Waals surface area contributed by atoms with E-state index in [2.05, 4.69) is 5.92 Å². The summed E-state index contributed by atoms with van der Waals surface area (Å²) in [6.07, 6.45) is 4.47. The molecule has 2 N–H and O–H groups in total. The zero-order chi connectivity index (χ0) is 17.4. The Hall–Kier alpha value is -2.80. The van der Waals surface area contributed by atoms with Gasteiger partial charge in [0, 0.05) is 5.56 Å². The Morgan fingerprint density at radius 2 is 1.83 bits per heavy atom. The van der Waals surface area contributed by atoms with Gasteiger partial charge in [-0.15, -0.1) is 6.42 Å². The highest BCUT2D eigenvalue weighted by atomic mass is 19.1. The minimum absolute atomic E-state index is 0.240. The second kappa shape index (κ2) is 8.60. The first kappa shape index (κ1) is 18.2. The summed E-state index contributed by atoms with van der Waals surface area (Å²) in [7, 11) is 0. The van der Waals surface area contributed by atoms with Crippen molar-refractivity contribution >= 4 is 5.91 Å². The van der Waals surface area contributed by atoms with Crippen LogP contribution < -0.4 is 10.5 Å². The van der Waals surface area contributed by atoms with Crippen LogP contribution in [0.3, 0.4) is 0 Å². The third kappa shape index (κ3) is 6.23. The van der Waals surface area contributed by atoms with Gasteiger partial charge in [-0.3, -0.25) is 4.79 Å². The highest BCUT2D eigenvalue weighted by Gasteiger charge is 2.09. The van der Waals surface area contributed by atoms with Gasteiger partial charge < -0.3 is 10.5 Å². The average molecular weight is 313 g/mol. The van der Waals surface area contributed by atoms with E-state index in [1.165, 1.54) is 6.07 Å². The number of rotatable bonds is 3. The predicted octanol–water partition coefficient (Wildman–Crippen LogP) is 3.36. The molecule has 0 heterocycles. The van der Waals surface area contributed by atoms with Crippen LogP contribution in [0.4, 0.5) is 4.39 Å². The molecule has 4 heteroatoms. The number of carbonyl (C=O) groups excluding carboxylic acids is 1. The van der Waals surface area contributed by atoms with Gasteiger partial charge in [-0.1, -0.05) is 29.7 Å². The van der Waals surface area contributed by atoms with E-state index < -0.39 is 12.0 Å². The molecule has 0 aliphatic carbocycles. The van der Waals surface area contributed by atoms with Crippen molar-refractivity contribution in [3.8, 4) is 18.1 Å². The molecule has 0 unspecified atom stereocenters. The molecule has 2 aromatic carbocycles. The number of amides is 1. The first-order chi connectivity index (χ1) is 10.8. The van der Waals surface area contributed by atoms with Crippen LogP contribution in [0.1, 0.15) is 23.6 Å². The Balaban J connectivity index is 0.000000238. The highest BCUT2D eigenvalue weighted by Crippen LogP contribution is 2.12. The lowest BCUT2D eigenvalue weighted by Crippen LogP contribution is -2.30. The molecule has 0 saturated carbocycles. The topological polar surface area (TPSA) is 52.3 Å². The van der Waals surface area contributed by atoms with E-state index in [0.717, 1.165) is 5.56 Å². The lowest BCUT2D eigenvalue weighted by atomic mass is 10.1. The summed E-state index contributed by atoms with van der Waals surface area (Å²) in [6.45, 7) is 5.32. The summed E-state index contributed by atoms with van der Waals surface area (Å²) in [5.41, 5.74) is 7.41. The smallest absolute Gasteiger partial charge is 0.258 e. The van der Waals surface area contributed by atoms with E-state index >= 15 is 0 Å². The molecule has 2 rings (SSSR count). The van der Waals surface area contributed by atoms with Gasteiger partial charge in [-0.2, -0.15) is 0 Å². The number of hydrogen-bond donors (Lipinski definition) is 1. The highest BCUT2D eigenvalue weighted by molar-refractivity contribution is 5.78. The summed E-state index contributed by atoms with van der Waals surface area (Å²) in [5.74, 6) is 2.32. The Morgan fingerprint density at radius 3 is 2.30 bits per heavy atom. The molecule has 120 valence electrons. The van der Waals surface area contributed by atoms with Gasteiger partial charge in [0.25, 0.3) is 5.91 Å². The molecule has 0 spiro atoms. The fraction of sp³-hybridized carbons (Fsp3) is 0.211. The van der Waals surface area contributed by atoms with Crippen molar-refractivity contribution < 1.29 is 13.9 Å². The first-order valence-electron chi connectivity index (χ1n) is 7.09. The molecule has 3 nitrogen and oxygen atoms in total. The molecular weight excluding hydrogens is 293 g/mol. The Labute approximate surface area is 136 Å². The Bertz CT molecular complexity index is 702. The third-order valence-corrected chi connectivity index (χ3v) is 3.07. The molecular formula is C19H20FNO2. The van der Waals surface area contributed by atoms with Gasteiger partial charge in [0.15, 0.2) is 6.10 Å². The van der Waals surface area contributed by atoms with Gasteiger partial charge >= 0.3 is 0 Å². The third-order valence-electron chi connectivity index (χ3n) is 3.07. The lowest BCUT2D eigenvalue weighted by molar-refractivity contribution is -0.123. The SMILES string of the molecule is C#Cc1ccc(C)c(F)c1.Cc1ccc(O[C@@H](C)C(N)=O)cc1. The van der Waals surface area contributed by atoms with Crippen molar-refractivity contribution in [3.63, 3.8) is 0 Å². The number of nitrogens with two attached hydrogens (primary N) is 1. The summed E-state index contributed by atoms with van der Waals surface area (Å²) in [6, 6.07) is 12.2. The molecule has 0 aliphatic rings. The van der Waals surface area contributed by atoms with Gasteiger partial charge in [-0.25, -0.2) is 4.39 Å². The van der Waals surface area contributed by atoms with Crippen molar-refractivity contribution in [2.45, 2.75) is 26.9 Å². The predicted molar refractivity (Wildman–Crippen MR) is 89.5 cm³/mol. The van der Waals surface area contributed by atoms with E-state index in [9.17, 15) is 9.18 Å². The lowest BCUT2D eigenvalue weighted by Gasteiger charge is -2.10. The molecule has 0 radical (unpaired) electrons. The Kier molecular flexibility index (Phi) is 6.82. The van der Waals surface area contributed by atoms with Crippen molar-refractivity contribution in [2.75, 3.05) is 0 Å². The molecule has 0 saturated heterocycles. The van der Waals surface area contributed by atoms with E-state index in [1.54, 1.807) is 26.0 Å². The van der Waals surface area contributed by atoms with Crippen LogP contribution in [0.15, 0.2) is 42.5 Å². The van der Waals surface area contributed by atoms with Crippen LogP contribution in [-0.4, -0.2) is 12.0 Å². The maximum atomic E-state index is 12.7. The number of primary amides is 1. The fourth-order valence-corrected chi connectivity index (χ4v) is 1.56. The number of hydrogen-bond acceptors (Lipinski definition) is 2. The van der Waals surface area contributed by atoms with Crippen LogP contribution in [-0.2, 0) is 4.79 Å². The Morgan fingerprint density at radius 1 is 1.22 bits per heavy atom. The molecule has 0 bridgehead atoms. The fourth-order valence-electron chi connectivity index (χ4n) is 1.56. The molecule has 2 aromatic rings.